The number of piperidine rings is 1. The quantitative estimate of drug-likeness (QED) is 0.120. The van der Waals surface area contributed by atoms with Crippen molar-refractivity contribution in [2.24, 2.45) is 0 Å². The first-order chi connectivity index (χ1) is 23.6. The summed E-state index contributed by atoms with van der Waals surface area (Å²) < 4.78 is 19.8. The van der Waals surface area contributed by atoms with Crippen molar-refractivity contribution in [1.82, 2.24) is 15.6 Å². The number of methoxy groups -OCH3 is 1. The molecule has 1 aromatic heterocycles. The third-order valence-electron chi connectivity index (χ3n) is 9.37. The van der Waals surface area contributed by atoms with Gasteiger partial charge in [0.15, 0.2) is 0 Å². The van der Waals surface area contributed by atoms with Crippen molar-refractivity contribution < 1.29 is 18.7 Å². The third-order valence-corrected chi connectivity index (χ3v) is 9.37. The summed E-state index contributed by atoms with van der Waals surface area (Å²) in [4.78, 5) is 33.1. The normalized spacial score (nSPS) is 13.6. The van der Waals surface area contributed by atoms with Crippen molar-refractivity contribution in [3.63, 3.8) is 0 Å². The summed E-state index contributed by atoms with van der Waals surface area (Å²) >= 11 is 0. The van der Waals surface area contributed by atoms with Crippen LogP contribution in [0.3, 0.4) is 0 Å². The first-order valence-electron chi connectivity index (χ1n) is 18.1. The molecule has 0 aliphatic carbocycles. The second-order valence-corrected chi connectivity index (χ2v) is 13.9. The largest absolute Gasteiger partial charge is 0.380 e. The molecule has 1 saturated heterocycles. The van der Waals surface area contributed by atoms with Crippen LogP contribution in [0.1, 0.15) is 136 Å². The van der Waals surface area contributed by atoms with Gasteiger partial charge >= 0.3 is 6.03 Å². The van der Waals surface area contributed by atoms with Gasteiger partial charge in [-0.25, -0.2) is 9.18 Å². The average Bonchev–Trinajstić information content (AvgIpc) is 3.07. The SMILES string of the molecule is CCCCCCCNC(=O)Nc1c(C(=O)Nc2c(C(C)C)nc(C(C)C)c(COC)c2-c2ccc(F)cc2)ccc(C)c1C1CCNCC1. The highest BCUT2D eigenvalue weighted by Crippen LogP contribution is 2.42. The van der Waals surface area contributed by atoms with Crippen LogP contribution in [-0.4, -0.2) is 43.7 Å². The number of hydrogen-bond donors (Lipinski definition) is 4. The number of nitrogens with zero attached hydrogens (tertiary/aromatic N) is 1. The van der Waals surface area contributed by atoms with Gasteiger partial charge in [-0.1, -0.05) is 78.5 Å². The standard InChI is InChI=1S/C40H56FN5O3/c1-8-9-10-11-12-21-43-40(48)46-37-31(18-13-27(6)33(37)29-19-22-42-23-20-29)39(47)45-38-34(28-14-16-30(41)17-15-28)32(24-49-7)35(25(2)3)44-36(38)26(4)5/h13-18,25-26,29,42H,8-12,19-24H2,1-7H3,(H,45,47)(H2,43,46,48). The Morgan fingerprint density at radius 3 is 2.22 bits per heavy atom. The predicted molar refractivity (Wildman–Crippen MR) is 198 cm³/mol. The molecule has 49 heavy (non-hydrogen) atoms. The number of hydrogen-bond acceptors (Lipinski definition) is 5. The number of urea groups is 1. The van der Waals surface area contributed by atoms with E-state index in [0.717, 1.165) is 84.4 Å². The van der Waals surface area contributed by atoms with Gasteiger partial charge in [0.05, 0.1) is 29.2 Å². The molecule has 0 bridgehead atoms. The Hall–Kier alpha value is -3.82. The minimum absolute atomic E-state index is 0.0346. The summed E-state index contributed by atoms with van der Waals surface area (Å²) in [7, 11) is 1.63. The lowest BCUT2D eigenvalue weighted by Gasteiger charge is -2.28. The van der Waals surface area contributed by atoms with Crippen molar-refractivity contribution in [2.45, 2.75) is 111 Å². The van der Waals surface area contributed by atoms with Crippen molar-refractivity contribution in [1.29, 1.82) is 0 Å². The Kier molecular flexibility index (Phi) is 14.2. The first-order valence-corrected chi connectivity index (χ1v) is 18.1. The van der Waals surface area contributed by atoms with E-state index in [1.54, 1.807) is 25.3 Å². The molecule has 0 unspecified atom stereocenters. The Bertz CT molecular complexity index is 1570. The maximum atomic E-state index is 14.6. The molecule has 1 fully saturated rings. The van der Waals surface area contributed by atoms with Gasteiger partial charge in [-0.05, 0) is 91.9 Å². The Balaban J connectivity index is 1.82. The molecule has 4 rings (SSSR count). The maximum absolute atomic E-state index is 14.6. The fourth-order valence-electron chi connectivity index (χ4n) is 6.86. The lowest BCUT2D eigenvalue weighted by atomic mass is 9.84. The van der Waals surface area contributed by atoms with Crippen LogP contribution in [0.25, 0.3) is 11.1 Å². The fraction of sp³-hybridized carbons (Fsp3) is 0.525. The van der Waals surface area contributed by atoms with E-state index in [0.29, 0.717) is 23.5 Å². The molecule has 0 atom stereocenters. The molecule has 0 saturated carbocycles. The number of halogens is 1. The van der Waals surface area contributed by atoms with Crippen molar-refractivity contribution in [3.8, 4) is 11.1 Å². The first kappa shape index (κ1) is 38.0. The molecule has 9 heteroatoms. The summed E-state index contributed by atoms with van der Waals surface area (Å²) in [6.07, 6.45) is 7.30. The second kappa shape index (κ2) is 18.3. The van der Waals surface area contributed by atoms with Crippen LogP contribution < -0.4 is 21.3 Å². The van der Waals surface area contributed by atoms with E-state index in [1.807, 2.05) is 26.8 Å². The molecule has 0 spiro atoms. The van der Waals surface area contributed by atoms with E-state index in [2.05, 4.69) is 42.0 Å². The molecular weight excluding hydrogens is 617 g/mol. The highest BCUT2D eigenvalue weighted by molar-refractivity contribution is 6.12. The van der Waals surface area contributed by atoms with Gasteiger partial charge in [-0.3, -0.25) is 9.78 Å². The number of anilines is 2. The molecule has 1 aliphatic heterocycles. The van der Waals surface area contributed by atoms with Crippen molar-refractivity contribution >= 4 is 23.3 Å². The molecule has 2 aromatic carbocycles. The van der Waals surface area contributed by atoms with Gasteiger partial charge in [0, 0.05) is 30.5 Å². The number of rotatable bonds is 15. The van der Waals surface area contributed by atoms with Crippen molar-refractivity contribution in [3.05, 3.63) is 75.9 Å². The number of amides is 3. The number of aromatic nitrogens is 1. The van der Waals surface area contributed by atoms with Gasteiger partial charge in [-0.2, -0.15) is 0 Å². The highest BCUT2D eigenvalue weighted by Gasteiger charge is 2.29. The minimum atomic E-state index is -0.349. The van der Waals surface area contributed by atoms with E-state index in [1.165, 1.54) is 25.0 Å². The van der Waals surface area contributed by atoms with Crippen LogP contribution in [-0.2, 0) is 11.3 Å². The van der Waals surface area contributed by atoms with E-state index < -0.39 is 0 Å². The van der Waals surface area contributed by atoms with Gasteiger partial charge in [-0.15, -0.1) is 0 Å². The number of aryl methyl sites for hydroxylation is 1. The monoisotopic (exact) mass is 673 g/mol. The molecule has 3 aromatic rings. The van der Waals surface area contributed by atoms with Gasteiger partial charge < -0.3 is 26.0 Å². The molecule has 8 nitrogen and oxygen atoms in total. The number of unbranched alkanes of at least 4 members (excludes halogenated alkanes) is 4. The lowest BCUT2D eigenvalue weighted by molar-refractivity contribution is 0.102. The van der Waals surface area contributed by atoms with Crippen LogP contribution in [0, 0.1) is 12.7 Å². The number of pyridine rings is 1. The molecule has 0 radical (unpaired) electrons. The van der Waals surface area contributed by atoms with E-state index in [-0.39, 0.29) is 42.1 Å². The average molecular weight is 674 g/mol. The van der Waals surface area contributed by atoms with Crippen LogP contribution in [0.4, 0.5) is 20.6 Å². The zero-order valence-corrected chi connectivity index (χ0v) is 30.5. The van der Waals surface area contributed by atoms with Crippen LogP contribution in [0.5, 0.6) is 0 Å². The topological polar surface area (TPSA) is 104 Å². The van der Waals surface area contributed by atoms with Gasteiger partial charge in [0.2, 0.25) is 0 Å². The fourth-order valence-corrected chi connectivity index (χ4v) is 6.86. The molecule has 2 heterocycles. The summed E-state index contributed by atoms with van der Waals surface area (Å²) in [5.74, 6) is -0.452. The lowest BCUT2D eigenvalue weighted by Crippen LogP contribution is -2.32. The Labute approximate surface area is 292 Å². The summed E-state index contributed by atoms with van der Waals surface area (Å²) in [6.45, 7) is 15.1. The number of ether oxygens (including phenoxy) is 1. The molecule has 4 N–H and O–H groups in total. The van der Waals surface area contributed by atoms with E-state index >= 15 is 0 Å². The summed E-state index contributed by atoms with van der Waals surface area (Å²) in [5.41, 5.74) is 7.52. The summed E-state index contributed by atoms with van der Waals surface area (Å²) in [6, 6.07) is 9.78. The van der Waals surface area contributed by atoms with Crippen molar-refractivity contribution in [2.75, 3.05) is 37.4 Å². The third kappa shape index (κ3) is 9.67. The molecule has 1 aliphatic rings. The Morgan fingerprint density at radius 1 is 0.918 bits per heavy atom. The van der Waals surface area contributed by atoms with Crippen LogP contribution in [0.15, 0.2) is 36.4 Å². The second-order valence-electron chi connectivity index (χ2n) is 13.9. The number of benzene rings is 2. The van der Waals surface area contributed by atoms with E-state index in [9.17, 15) is 14.0 Å². The number of nitrogens with one attached hydrogen (secondary N) is 4. The van der Waals surface area contributed by atoms with Gasteiger partial charge in [0.25, 0.3) is 5.91 Å². The zero-order valence-electron chi connectivity index (χ0n) is 30.5. The maximum Gasteiger partial charge on any atom is 0.319 e. The Morgan fingerprint density at radius 2 is 1.59 bits per heavy atom. The number of carbonyl (C=O) groups is 2. The molecule has 266 valence electrons. The number of carbonyl (C=O) groups excluding carboxylic acids is 2. The molecular formula is C40H56FN5O3. The molecule has 3 amide bonds. The highest BCUT2D eigenvalue weighted by atomic mass is 19.1. The minimum Gasteiger partial charge on any atom is -0.380 e. The summed E-state index contributed by atoms with van der Waals surface area (Å²) in [5, 5.41) is 12.8. The van der Waals surface area contributed by atoms with Gasteiger partial charge in [0.1, 0.15) is 5.82 Å². The smallest absolute Gasteiger partial charge is 0.319 e. The van der Waals surface area contributed by atoms with E-state index in [4.69, 9.17) is 9.72 Å². The predicted octanol–water partition coefficient (Wildman–Crippen LogP) is 9.40. The zero-order chi connectivity index (χ0) is 35.5. The van der Waals surface area contributed by atoms with Crippen LogP contribution >= 0.6 is 0 Å². The van der Waals surface area contributed by atoms with Crippen LogP contribution in [0.2, 0.25) is 0 Å².